The van der Waals surface area contributed by atoms with Crippen LogP contribution < -0.4 is 5.11 Å². The lowest BCUT2D eigenvalue weighted by molar-refractivity contribution is -0.889. The molecule has 8 nitrogen and oxygen atoms in total. The van der Waals surface area contributed by atoms with Gasteiger partial charge in [0.1, 0.15) is 12.6 Å². The summed E-state index contributed by atoms with van der Waals surface area (Å²) in [6.45, 7) is 4.53. The number of ether oxygens (including phenoxy) is 3. The summed E-state index contributed by atoms with van der Waals surface area (Å²) in [7, 11) is 5.40. The number of carbonyl (C=O) groups excluding carboxylic acids is 3. The molecule has 2 unspecified atom stereocenters. The van der Waals surface area contributed by atoms with E-state index in [1.165, 1.54) is 83.5 Å². The van der Waals surface area contributed by atoms with Gasteiger partial charge in [-0.25, -0.2) is 0 Å². The van der Waals surface area contributed by atoms with Gasteiger partial charge in [-0.3, -0.25) is 9.59 Å². The number of aliphatic carboxylic acids is 1. The number of hydrogen-bond donors (Lipinski definition) is 0. The molecule has 0 heterocycles. The molecule has 0 fully saturated rings. The number of carboxylic acid groups (broad SMARTS) is 1. The summed E-state index contributed by atoms with van der Waals surface area (Å²) >= 11 is 0. The molecule has 0 bridgehead atoms. The van der Waals surface area contributed by atoms with Gasteiger partial charge in [0.25, 0.3) is 0 Å². The third-order valence-electron chi connectivity index (χ3n) is 9.54. The Morgan fingerprint density at radius 1 is 0.585 bits per heavy atom. The normalized spacial score (nSPS) is 13.3. The second-order valence-corrected chi connectivity index (χ2v) is 15.6. The fourth-order valence-electron chi connectivity index (χ4n) is 6.20. The van der Waals surface area contributed by atoms with E-state index in [1.54, 1.807) is 21.1 Å². The van der Waals surface area contributed by atoms with Crippen LogP contribution >= 0.6 is 0 Å². The van der Waals surface area contributed by atoms with E-state index >= 15 is 0 Å². The zero-order valence-electron chi connectivity index (χ0n) is 34.9. The second kappa shape index (κ2) is 36.5. The van der Waals surface area contributed by atoms with Crippen LogP contribution in [0.15, 0.2) is 36.5 Å². The van der Waals surface area contributed by atoms with E-state index in [1.807, 2.05) is 0 Å². The monoisotopic (exact) mass is 748 g/mol. The molecule has 0 amide bonds. The minimum Gasteiger partial charge on any atom is -0.544 e. The number of esters is 2. The Kier molecular flexibility index (Phi) is 34.8. The molecule has 0 aromatic carbocycles. The van der Waals surface area contributed by atoms with Crippen molar-refractivity contribution in [3.05, 3.63) is 36.5 Å². The lowest BCUT2D eigenvalue weighted by Crippen LogP contribution is -2.55. The molecule has 0 aliphatic carbocycles. The highest BCUT2D eigenvalue weighted by Gasteiger charge is 2.25. The zero-order valence-corrected chi connectivity index (χ0v) is 34.9. The molecule has 0 aromatic heterocycles. The first-order chi connectivity index (χ1) is 25.6. The number of hydrogen-bond acceptors (Lipinski definition) is 7. The molecule has 0 aliphatic rings. The van der Waals surface area contributed by atoms with Crippen molar-refractivity contribution in [3.63, 3.8) is 0 Å². The SMILES string of the molecule is CC/C=C/C/C=C/C/C=C/CCCCCCCCCCCC(=O)OCC(COCCC(C(=O)[O-])[N+](C)(C)C)OC(=O)CCCCCCCCCCCC. The predicted molar refractivity (Wildman–Crippen MR) is 217 cm³/mol. The van der Waals surface area contributed by atoms with Crippen molar-refractivity contribution in [2.75, 3.05) is 41.0 Å². The quantitative estimate of drug-likeness (QED) is 0.0268. The maximum Gasteiger partial charge on any atom is 0.306 e. The van der Waals surface area contributed by atoms with Crippen LogP contribution in [0.5, 0.6) is 0 Å². The van der Waals surface area contributed by atoms with Gasteiger partial charge in [0.2, 0.25) is 0 Å². The second-order valence-electron chi connectivity index (χ2n) is 15.6. The topological polar surface area (TPSA) is 102 Å². The number of carbonyl (C=O) groups is 3. The van der Waals surface area contributed by atoms with Crippen LogP contribution in [0.25, 0.3) is 0 Å². The fraction of sp³-hybridized carbons (Fsp3) is 0.800. The summed E-state index contributed by atoms with van der Waals surface area (Å²) in [6, 6.07) is -0.723. The Hall–Kier alpha value is -2.45. The van der Waals surface area contributed by atoms with E-state index in [0.29, 0.717) is 12.8 Å². The van der Waals surface area contributed by atoms with Crippen molar-refractivity contribution in [2.45, 2.75) is 193 Å². The van der Waals surface area contributed by atoms with Gasteiger partial charge in [-0.05, 0) is 44.9 Å². The highest BCUT2D eigenvalue weighted by atomic mass is 16.6. The van der Waals surface area contributed by atoms with E-state index in [9.17, 15) is 19.5 Å². The molecule has 2 atom stereocenters. The fourth-order valence-corrected chi connectivity index (χ4v) is 6.20. The smallest absolute Gasteiger partial charge is 0.306 e. The van der Waals surface area contributed by atoms with Gasteiger partial charge >= 0.3 is 11.9 Å². The Balaban J connectivity index is 4.27. The molecule has 0 N–H and O–H groups in total. The van der Waals surface area contributed by atoms with Crippen LogP contribution in [0.2, 0.25) is 0 Å². The van der Waals surface area contributed by atoms with E-state index in [0.717, 1.165) is 64.2 Å². The summed E-state index contributed by atoms with van der Waals surface area (Å²) in [4.78, 5) is 36.7. The van der Waals surface area contributed by atoms with Crippen molar-refractivity contribution in [2.24, 2.45) is 0 Å². The molecule has 0 radical (unpaired) electrons. The van der Waals surface area contributed by atoms with Gasteiger partial charge < -0.3 is 28.6 Å². The number of rotatable bonds is 38. The summed E-state index contributed by atoms with van der Waals surface area (Å²) in [6.07, 6.45) is 40.2. The third-order valence-corrected chi connectivity index (χ3v) is 9.54. The number of quaternary nitrogens is 1. The Bertz CT molecular complexity index is 968. The van der Waals surface area contributed by atoms with Crippen LogP contribution in [0, 0.1) is 0 Å². The van der Waals surface area contributed by atoms with Crippen LogP contribution in [0.4, 0.5) is 0 Å². The molecule has 53 heavy (non-hydrogen) atoms. The molecule has 0 aromatic rings. The summed E-state index contributed by atoms with van der Waals surface area (Å²) < 4.78 is 17.1. The van der Waals surface area contributed by atoms with Gasteiger partial charge in [-0.15, -0.1) is 0 Å². The standard InChI is InChI=1S/C45H81NO7/c1-6-8-10-12-14-16-18-19-20-21-22-23-24-25-26-28-29-31-33-35-43(47)52-40-41(39-51-38-37-42(45(49)50)46(3,4)5)53-44(48)36-34-32-30-27-17-15-13-11-9-7-2/h8,10,14,16,19-20,41-42H,6-7,9,11-13,15,17-18,21-40H2,1-5H3/b10-8+,16-14+,20-19+. The summed E-state index contributed by atoms with van der Waals surface area (Å²) in [5, 5.41) is 11.6. The predicted octanol–water partition coefficient (Wildman–Crippen LogP) is 10.1. The summed E-state index contributed by atoms with van der Waals surface area (Å²) in [5.74, 6) is -1.74. The van der Waals surface area contributed by atoms with Crippen LogP contribution in [0.3, 0.4) is 0 Å². The molecule has 0 saturated carbocycles. The largest absolute Gasteiger partial charge is 0.544 e. The Morgan fingerprint density at radius 3 is 1.57 bits per heavy atom. The highest BCUT2D eigenvalue weighted by Crippen LogP contribution is 2.14. The van der Waals surface area contributed by atoms with Crippen LogP contribution in [-0.2, 0) is 28.6 Å². The van der Waals surface area contributed by atoms with E-state index in [2.05, 4.69) is 50.3 Å². The lowest BCUT2D eigenvalue weighted by atomic mass is 10.1. The van der Waals surface area contributed by atoms with Crippen molar-refractivity contribution < 1.29 is 38.2 Å². The number of carboxylic acids is 1. The van der Waals surface area contributed by atoms with Crippen molar-refractivity contribution in [1.82, 2.24) is 0 Å². The molecule has 0 saturated heterocycles. The van der Waals surface area contributed by atoms with Crippen molar-refractivity contribution in [1.29, 1.82) is 0 Å². The number of nitrogens with zero attached hydrogens (tertiary/aromatic N) is 1. The van der Waals surface area contributed by atoms with E-state index in [4.69, 9.17) is 14.2 Å². The van der Waals surface area contributed by atoms with Gasteiger partial charge in [0, 0.05) is 19.3 Å². The van der Waals surface area contributed by atoms with Crippen molar-refractivity contribution >= 4 is 17.9 Å². The average Bonchev–Trinajstić information content (AvgIpc) is 3.11. The van der Waals surface area contributed by atoms with Crippen molar-refractivity contribution in [3.8, 4) is 0 Å². The van der Waals surface area contributed by atoms with Gasteiger partial charge in [-0.1, -0.05) is 153 Å². The highest BCUT2D eigenvalue weighted by molar-refractivity contribution is 5.70. The molecule has 0 spiro atoms. The van der Waals surface area contributed by atoms with E-state index < -0.39 is 18.1 Å². The first-order valence-electron chi connectivity index (χ1n) is 21.5. The molecule has 308 valence electrons. The Labute approximate surface area is 325 Å². The minimum atomic E-state index is -1.13. The Morgan fingerprint density at radius 2 is 1.06 bits per heavy atom. The van der Waals surface area contributed by atoms with Gasteiger partial charge in [0.05, 0.1) is 40.3 Å². The summed E-state index contributed by atoms with van der Waals surface area (Å²) in [5.41, 5.74) is 0. The van der Waals surface area contributed by atoms with Gasteiger partial charge in [0.15, 0.2) is 6.10 Å². The molecule has 0 aliphatic heterocycles. The molecular formula is C45H81NO7. The lowest BCUT2D eigenvalue weighted by Gasteiger charge is -2.34. The minimum absolute atomic E-state index is 0.0414. The molecule has 8 heteroatoms. The third kappa shape index (κ3) is 35.0. The maximum atomic E-state index is 12.6. The van der Waals surface area contributed by atoms with Crippen LogP contribution in [-0.4, -0.2) is 75.5 Å². The van der Waals surface area contributed by atoms with E-state index in [-0.39, 0.29) is 42.7 Å². The van der Waals surface area contributed by atoms with Crippen LogP contribution in [0.1, 0.15) is 181 Å². The number of likely N-dealkylation sites (N-methyl/N-ethyl adjacent to an activating group) is 1. The first kappa shape index (κ1) is 50.5. The molecular weight excluding hydrogens is 666 g/mol. The average molecular weight is 748 g/mol. The number of unbranched alkanes of at least 4 members (excludes halogenated alkanes) is 18. The first-order valence-corrected chi connectivity index (χ1v) is 21.5. The maximum absolute atomic E-state index is 12.6. The van der Waals surface area contributed by atoms with Gasteiger partial charge in [-0.2, -0.15) is 0 Å². The molecule has 0 rings (SSSR count). The zero-order chi connectivity index (χ0) is 39.3. The number of allylic oxidation sites excluding steroid dienone is 6.